The SMILES string of the molecule is CN=C(NC)NCCOc1ccc(Cl)cn1.I. The van der Waals surface area contributed by atoms with E-state index in [1.807, 2.05) is 0 Å². The summed E-state index contributed by atoms with van der Waals surface area (Å²) in [5.74, 6) is 1.29. The van der Waals surface area contributed by atoms with E-state index in [0.29, 0.717) is 24.1 Å². The largest absolute Gasteiger partial charge is 0.476 e. The molecule has 1 aromatic rings. The second-order valence-corrected chi connectivity index (χ2v) is 3.35. The van der Waals surface area contributed by atoms with Crippen molar-refractivity contribution in [1.82, 2.24) is 15.6 Å². The van der Waals surface area contributed by atoms with Crippen LogP contribution in [0, 0.1) is 0 Å². The summed E-state index contributed by atoms with van der Waals surface area (Å²) in [4.78, 5) is 7.98. The van der Waals surface area contributed by atoms with Gasteiger partial charge in [-0.3, -0.25) is 4.99 Å². The third-order valence-electron chi connectivity index (χ3n) is 1.81. The lowest BCUT2D eigenvalue weighted by Gasteiger charge is -2.09. The molecule has 1 heterocycles. The fraction of sp³-hybridized carbons (Fsp3) is 0.400. The molecule has 0 unspecified atom stereocenters. The molecule has 0 aliphatic heterocycles. The highest BCUT2D eigenvalue weighted by Gasteiger charge is 1.96. The molecule has 96 valence electrons. The van der Waals surface area contributed by atoms with Crippen molar-refractivity contribution in [1.29, 1.82) is 0 Å². The van der Waals surface area contributed by atoms with Gasteiger partial charge in [-0.05, 0) is 6.07 Å². The monoisotopic (exact) mass is 370 g/mol. The van der Waals surface area contributed by atoms with Crippen LogP contribution < -0.4 is 15.4 Å². The fourth-order valence-corrected chi connectivity index (χ4v) is 1.16. The molecule has 0 saturated carbocycles. The van der Waals surface area contributed by atoms with Crippen LogP contribution >= 0.6 is 35.6 Å². The lowest BCUT2D eigenvalue weighted by Crippen LogP contribution is -2.37. The van der Waals surface area contributed by atoms with Crippen LogP contribution in [0.4, 0.5) is 0 Å². The maximum Gasteiger partial charge on any atom is 0.213 e. The summed E-state index contributed by atoms with van der Waals surface area (Å²) in [5.41, 5.74) is 0. The van der Waals surface area contributed by atoms with Crippen molar-refractivity contribution in [3.63, 3.8) is 0 Å². The quantitative estimate of drug-likeness (QED) is 0.365. The molecule has 0 aromatic carbocycles. The van der Waals surface area contributed by atoms with Crippen molar-refractivity contribution >= 4 is 41.5 Å². The summed E-state index contributed by atoms with van der Waals surface area (Å²) >= 11 is 5.70. The van der Waals surface area contributed by atoms with E-state index >= 15 is 0 Å². The molecule has 0 atom stereocenters. The van der Waals surface area contributed by atoms with Crippen molar-refractivity contribution < 1.29 is 4.74 Å². The predicted octanol–water partition coefficient (Wildman–Crippen LogP) is 1.53. The van der Waals surface area contributed by atoms with Gasteiger partial charge in [0.1, 0.15) is 6.61 Å². The Morgan fingerprint density at radius 2 is 2.29 bits per heavy atom. The Morgan fingerprint density at radius 3 is 2.82 bits per heavy atom. The van der Waals surface area contributed by atoms with E-state index in [-0.39, 0.29) is 24.0 Å². The van der Waals surface area contributed by atoms with E-state index in [9.17, 15) is 0 Å². The molecular weight excluding hydrogens is 354 g/mol. The van der Waals surface area contributed by atoms with Gasteiger partial charge < -0.3 is 15.4 Å². The topological polar surface area (TPSA) is 58.5 Å². The van der Waals surface area contributed by atoms with Crippen LogP contribution in [-0.4, -0.2) is 38.2 Å². The molecule has 0 amide bonds. The summed E-state index contributed by atoms with van der Waals surface area (Å²) in [7, 11) is 3.51. The molecule has 2 N–H and O–H groups in total. The minimum absolute atomic E-state index is 0. The van der Waals surface area contributed by atoms with Gasteiger partial charge in [0.25, 0.3) is 0 Å². The maximum atomic E-state index is 5.70. The van der Waals surface area contributed by atoms with Gasteiger partial charge in [0.15, 0.2) is 5.96 Å². The fourth-order valence-electron chi connectivity index (χ4n) is 1.05. The van der Waals surface area contributed by atoms with Gasteiger partial charge in [-0.25, -0.2) is 4.98 Å². The molecule has 0 aliphatic rings. The van der Waals surface area contributed by atoms with E-state index in [1.54, 1.807) is 32.4 Å². The Labute approximate surface area is 123 Å². The highest BCUT2D eigenvalue weighted by molar-refractivity contribution is 14.0. The van der Waals surface area contributed by atoms with Crippen LogP contribution in [0.15, 0.2) is 23.3 Å². The number of aliphatic imine (C=N–C) groups is 1. The first-order chi connectivity index (χ1) is 7.76. The molecule has 1 rings (SSSR count). The van der Waals surface area contributed by atoms with Crippen LogP contribution in [0.2, 0.25) is 5.02 Å². The first-order valence-electron chi connectivity index (χ1n) is 4.89. The number of rotatable bonds is 4. The van der Waals surface area contributed by atoms with Crippen LogP contribution in [-0.2, 0) is 0 Å². The van der Waals surface area contributed by atoms with Crippen molar-refractivity contribution in [3.05, 3.63) is 23.4 Å². The highest BCUT2D eigenvalue weighted by Crippen LogP contribution is 2.10. The van der Waals surface area contributed by atoms with Gasteiger partial charge in [-0.1, -0.05) is 11.6 Å². The minimum atomic E-state index is 0. The first-order valence-corrected chi connectivity index (χ1v) is 5.27. The molecule has 5 nitrogen and oxygen atoms in total. The number of pyridine rings is 1. The molecule has 0 spiro atoms. The molecule has 0 bridgehead atoms. The van der Waals surface area contributed by atoms with Crippen molar-refractivity contribution in [2.75, 3.05) is 27.2 Å². The molecular formula is C10H16ClIN4O. The average molecular weight is 371 g/mol. The van der Waals surface area contributed by atoms with Gasteiger partial charge in [-0.2, -0.15) is 0 Å². The summed E-state index contributed by atoms with van der Waals surface area (Å²) in [5, 5.41) is 6.57. The zero-order valence-electron chi connectivity index (χ0n) is 9.74. The summed E-state index contributed by atoms with van der Waals surface area (Å²) in [6, 6.07) is 3.47. The molecule has 0 saturated heterocycles. The van der Waals surface area contributed by atoms with Crippen molar-refractivity contribution in [2.24, 2.45) is 4.99 Å². The number of guanidine groups is 1. The standard InChI is InChI=1S/C10H15ClN4O.HI/c1-12-10(13-2)14-5-6-16-9-4-3-8(11)7-15-9;/h3-4,7H,5-6H2,1-2H3,(H2,12,13,14);1H. The van der Waals surface area contributed by atoms with E-state index in [1.165, 1.54) is 0 Å². The minimum Gasteiger partial charge on any atom is -0.476 e. The number of hydrogen-bond acceptors (Lipinski definition) is 3. The van der Waals surface area contributed by atoms with Crippen LogP contribution in [0.3, 0.4) is 0 Å². The summed E-state index contributed by atoms with van der Waals surface area (Å²) in [6.45, 7) is 1.16. The smallest absolute Gasteiger partial charge is 0.213 e. The Balaban J connectivity index is 0.00000256. The Morgan fingerprint density at radius 1 is 1.53 bits per heavy atom. The first kappa shape index (κ1) is 16.2. The van der Waals surface area contributed by atoms with Gasteiger partial charge in [-0.15, -0.1) is 24.0 Å². The Kier molecular flexibility index (Phi) is 8.87. The van der Waals surface area contributed by atoms with E-state index in [4.69, 9.17) is 16.3 Å². The molecule has 0 aliphatic carbocycles. The second-order valence-electron chi connectivity index (χ2n) is 2.91. The van der Waals surface area contributed by atoms with Crippen LogP contribution in [0.25, 0.3) is 0 Å². The Bertz CT molecular complexity index is 345. The molecule has 17 heavy (non-hydrogen) atoms. The number of nitrogens with one attached hydrogen (secondary N) is 2. The normalized spacial score (nSPS) is 10.4. The van der Waals surface area contributed by atoms with Crippen LogP contribution in [0.5, 0.6) is 5.88 Å². The van der Waals surface area contributed by atoms with Gasteiger partial charge >= 0.3 is 0 Å². The second kappa shape index (κ2) is 9.29. The number of aromatic nitrogens is 1. The zero-order chi connectivity index (χ0) is 11.8. The van der Waals surface area contributed by atoms with E-state index in [2.05, 4.69) is 20.6 Å². The Hall–Kier alpha value is -0.760. The third-order valence-corrected chi connectivity index (χ3v) is 2.03. The van der Waals surface area contributed by atoms with E-state index in [0.717, 1.165) is 5.96 Å². The molecule has 0 fully saturated rings. The van der Waals surface area contributed by atoms with Gasteiger partial charge in [0, 0.05) is 26.4 Å². The summed E-state index contributed by atoms with van der Waals surface area (Å²) in [6.07, 6.45) is 1.55. The molecule has 0 radical (unpaired) electrons. The average Bonchev–Trinajstić information content (AvgIpc) is 2.32. The number of nitrogens with zero attached hydrogens (tertiary/aromatic N) is 2. The number of hydrogen-bond donors (Lipinski definition) is 2. The van der Waals surface area contributed by atoms with Gasteiger partial charge in [0.05, 0.1) is 11.6 Å². The van der Waals surface area contributed by atoms with Crippen molar-refractivity contribution in [2.45, 2.75) is 0 Å². The zero-order valence-corrected chi connectivity index (χ0v) is 12.8. The summed E-state index contributed by atoms with van der Waals surface area (Å²) < 4.78 is 5.39. The van der Waals surface area contributed by atoms with E-state index < -0.39 is 0 Å². The van der Waals surface area contributed by atoms with Crippen LogP contribution in [0.1, 0.15) is 0 Å². The lowest BCUT2D eigenvalue weighted by atomic mass is 10.5. The highest BCUT2D eigenvalue weighted by atomic mass is 127. The third kappa shape index (κ3) is 6.52. The number of ether oxygens (including phenoxy) is 1. The number of halogens is 2. The molecule has 1 aromatic heterocycles. The maximum absolute atomic E-state index is 5.70. The van der Waals surface area contributed by atoms with Gasteiger partial charge in [0.2, 0.25) is 5.88 Å². The predicted molar refractivity (Wildman–Crippen MR) is 80.6 cm³/mol. The molecule has 7 heteroatoms. The van der Waals surface area contributed by atoms with Crippen molar-refractivity contribution in [3.8, 4) is 5.88 Å². The lowest BCUT2D eigenvalue weighted by molar-refractivity contribution is 0.310.